The summed E-state index contributed by atoms with van der Waals surface area (Å²) >= 11 is 0. The summed E-state index contributed by atoms with van der Waals surface area (Å²) in [6.07, 6.45) is 4.76. The summed E-state index contributed by atoms with van der Waals surface area (Å²) < 4.78 is 15.7. The molecule has 2 atom stereocenters. The number of allylic oxidation sites excluding steroid dienone is 1. The maximum Gasteiger partial charge on any atom is 0.123 e. The van der Waals surface area contributed by atoms with Crippen molar-refractivity contribution >= 4 is 22.7 Å². The lowest BCUT2D eigenvalue weighted by atomic mass is 9.77. The van der Waals surface area contributed by atoms with Gasteiger partial charge in [-0.05, 0) is 80.6 Å². The van der Waals surface area contributed by atoms with Crippen LogP contribution in [0.25, 0.3) is 22.7 Å². The Balaban J connectivity index is 1.75. The van der Waals surface area contributed by atoms with Crippen molar-refractivity contribution in [3.05, 3.63) is 70.7 Å². The first kappa shape index (κ1) is 16.8. The van der Waals surface area contributed by atoms with Gasteiger partial charge in [0.05, 0.1) is 11.6 Å². The van der Waals surface area contributed by atoms with E-state index < -0.39 is 0 Å². The number of benzene rings is 2. The van der Waals surface area contributed by atoms with Gasteiger partial charge in [-0.3, -0.25) is 4.90 Å². The van der Waals surface area contributed by atoms with Crippen LogP contribution in [0.2, 0.25) is 0 Å². The van der Waals surface area contributed by atoms with Crippen LogP contribution in [-0.4, -0.2) is 23.1 Å². The lowest BCUT2D eigenvalue weighted by Gasteiger charge is -2.44. The van der Waals surface area contributed by atoms with Crippen LogP contribution in [-0.2, 0) is 0 Å². The fourth-order valence-electron chi connectivity index (χ4n) is 5.09. The average Bonchev–Trinajstić information content (AvgIpc) is 2.98. The van der Waals surface area contributed by atoms with E-state index in [9.17, 15) is 4.39 Å². The van der Waals surface area contributed by atoms with E-state index in [1.165, 1.54) is 47.1 Å². The number of piperidine rings is 1. The molecule has 0 N–H and O–H groups in total. The van der Waals surface area contributed by atoms with Gasteiger partial charge in [0.2, 0.25) is 0 Å². The number of fused-ring (bicyclic) bond motifs is 3. The van der Waals surface area contributed by atoms with Gasteiger partial charge in [0.1, 0.15) is 5.82 Å². The van der Waals surface area contributed by atoms with Gasteiger partial charge in [-0.25, -0.2) is 4.39 Å². The van der Waals surface area contributed by atoms with E-state index in [2.05, 4.69) is 54.8 Å². The zero-order valence-electron chi connectivity index (χ0n) is 16.2. The predicted molar refractivity (Wildman–Crippen MR) is 110 cm³/mol. The Bertz CT molecular complexity index is 1060. The maximum atomic E-state index is 13.3. The maximum absolute atomic E-state index is 13.3. The molecule has 3 aliphatic rings. The molecule has 3 heteroatoms. The van der Waals surface area contributed by atoms with Crippen molar-refractivity contribution in [2.24, 2.45) is 0 Å². The number of halogens is 1. The minimum absolute atomic E-state index is 0.190. The van der Waals surface area contributed by atoms with Crippen molar-refractivity contribution in [3.8, 4) is 0 Å². The second-order valence-corrected chi connectivity index (χ2v) is 8.24. The standard InChI is InChI=1S/C24H25FN2/c1-15-4-10-21-20(12-15)23-18-7-11-22(26(3)14-18)24(23)27(21)13-16(2)17-5-8-19(25)9-6-17/h4-6,8-10,12-13,18,22H,7,11,14H2,1-3H3/b16-13+. The molecule has 1 aliphatic carbocycles. The van der Waals surface area contributed by atoms with Crippen LogP contribution in [0.1, 0.15) is 54.1 Å². The molecule has 2 unspecified atom stereocenters. The Morgan fingerprint density at radius 2 is 1.89 bits per heavy atom. The Labute approximate surface area is 159 Å². The predicted octanol–water partition coefficient (Wildman–Crippen LogP) is 5.97. The highest BCUT2D eigenvalue weighted by Crippen LogP contribution is 2.50. The molecule has 1 fully saturated rings. The summed E-state index contributed by atoms with van der Waals surface area (Å²) in [6.45, 7) is 5.45. The molecule has 3 aromatic rings. The third kappa shape index (κ3) is 2.56. The number of rotatable bonds is 2. The van der Waals surface area contributed by atoms with Crippen molar-refractivity contribution in [2.45, 2.75) is 38.6 Å². The molecule has 0 amide bonds. The van der Waals surface area contributed by atoms with Gasteiger partial charge in [0, 0.05) is 23.8 Å². The van der Waals surface area contributed by atoms with Gasteiger partial charge < -0.3 is 4.57 Å². The summed E-state index contributed by atoms with van der Waals surface area (Å²) in [5, 5.41) is 1.41. The quantitative estimate of drug-likeness (QED) is 0.546. The summed E-state index contributed by atoms with van der Waals surface area (Å²) in [6, 6.07) is 14.1. The Hall–Kier alpha value is -2.39. The van der Waals surface area contributed by atoms with Crippen LogP contribution >= 0.6 is 0 Å². The Kier molecular flexibility index (Phi) is 3.76. The van der Waals surface area contributed by atoms with E-state index in [1.54, 1.807) is 5.56 Å². The number of hydrogen-bond donors (Lipinski definition) is 0. The second-order valence-electron chi connectivity index (χ2n) is 8.24. The molecule has 6 rings (SSSR count). The van der Waals surface area contributed by atoms with E-state index in [0.29, 0.717) is 12.0 Å². The third-order valence-electron chi connectivity index (χ3n) is 6.41. The monoisotopic (exact) mass is 360 g/mol. The van der Waals surface area contributed by atoms with Gasteiger partial charge in [0.25, 0.3) is 0 Å². The molecular formula is C24H25FN2. The van der Waals surface area contributed by atoms with Crippen LogP contribution in [0.5, 0.6) is 0 Å². The average molecular weight is 360 g/mol. The van der Waals surface area contributed by atoms with E-state index in [4.69, 9.17) is 0 Å². The van der Waals surface area contributed by atoms with E-state index in [1.807, 2.05) is 12.1 Å². The molecule has 27 heavy (non-hydrogen) atoms. The molecule has 2 nitrogen and oxygen atoms in total. The van der Waals surface area contributed by atoms with Gasteiger partial charge >= 0.3 is 0 Å². The minimum atomic E-state index is -0.190. The van der Waals surface area contributed by atoms with Crippen LogP contribution in [0.3, 0.4) is 0 Å². The van der Waals surface area contributed by atoms with Crippen LogP contribution in [0.4, 0.5) is 4.39 Å². The lowest BCUT2D eigenvalue weighted by Crippen LogP contribution is -2.40. The molecule has 2 bridgehead atoms. The highest BCUT2D eigenvalue weighted by Gasteiger charge is 2.40. The summed E-state index contributed by atoms with van der Waals surface area (Å²) in [5.41, 5.74) is 7.84. The van der Waals surface area contributed by atoms with Crippen molar-refractivity contribution in [1.82, 2.24) is 9.47 Å². The van der Waals surface area contributed by atoms with E-state index in [0.717, 1.165) is 17.7 Å². The smallest absolute Gasteiger partial charge is 0.123 e. The molecule has 0 saturated carbocycles. The van der Waals surface area contributed by atoms with Crippen LogP contribution < -0.4 is 0 Å². The SMILES string of the molecule is C/C(=C\n1c2c(c3cc(C)ccc31)C1CCC2N(C)C1)c1ccc(F)cc1. The molecule has 1 aromatic heterocycles. The van der Waals surface area contributed by atoms with E-state index >= 15 is 0 Å². The van der Waals surface area contributed by atoms with Crippen molar-refractivity contribution < 1.29 is 4.39 Å². The summed E-state index contributed by atoms with van der Waals surface area (Å²) in [5.74, 6) is 0.435. The molecule has 2 aromatic carbocycles. The van der Waals surface area contributed by atoms with Crippen LogP contribution in [0.15, 0.2) is 42.5 Å². The lowest BCUT2D eigenvalue weighted by molar-refractivity contribution is 0.142. The highest BCUT2D eigenvalue weighted by atomic mass is 19.1. The summed E-state index contributed by atoms with van der Waals surface area (Å²) in [7, 11) is 2.25. The van der Waals surface area contributed by atoms with Crippen molar-refractivity contribution in [2.75, 3.05) is 13.6 Å². The molecule has 0 radical (unpaired) electrons. The largest absolute Gasteiger partial charge is 0.318 e. The molecule has 1 saturated heterocycles. The van der Waals surface area contributed by atoms with E-state index in [-0.39, 0.29) is 5.82 Å². The minimum Gasteiger partial charge on any atom is -0.318 e. The second kappa shape index (κ2) is 6.07. The normalized spacial score (nSPS) is 22.4. The topological polar surface area (TPSA) is 8.17 Å². The number of hydrogen-bond acceptors (Lipinski definition) is 1. The van der Waals surface area contributed by atoms with Gasteiger partial charge in [0.15, 0.2) is 0 Å². The fraction of sp³-hybridized carbons (Fsp3) is 0.333. The Morgan fingerprint density at radius 3 is 2.63 bits per heavy atom. The Morgan fingerprint density at radius 1 is 1.11 bits per heavy atom. The molecular weight excluding hydrogens is 335 g/mol. The highest BCUT2D eigenvalue weighted by molar-refractivity contribution is 5.91. The first-order valence-corrected chi connectivity index (χ1v) is 9.82. The fourth-order valence-corrected chi connectivity index (χ4v) is 5.09. The molecule has 3 heterocycles. The van der Waals surface area contributed by atoms with Gasteiger partial charge in [-0.1, -0.05) is 23.8 Å². The van der Waals surface area contributed by atoms with Gasteiger partial charge in [-0.15, -0.1) is 0 Å². The third-order valence-corrected chi connectivity index (χ3v) is 6.41. The summed E-state index contributed by atoms with van der Waals surface area (Å²) in [4.78, 5) is 2.51. The number of likely N-dealkylation sites (N-methyl/N-ethyl adjacent to an activating group) is 1. The number of nitrogens with zero attached hydrogens (tertiary/aromatic N) is 2. The zero-order valence-corrected chi connectivity index (χ0v) is 16.2. The molecule has 0 spiro atoms. The first-order chi connectivity index (χ1) is 13.0. The zero-order chi connectivity index (χ0) is 18.7. The molecule has 138 valence electrons. The number of aromatic nitrogens is 1. The first-order valence-electron chi connectivity index (χ1n) is 9.82. The van der Waals surface area contributed by atoms with Crippen LogP contribution in [0, 0.1) is 12.7 Å². The number of aryl methyl sites for hydroxylation is 1. The molecule has 2 aliphatic heterocycles. The van der Waals surface area contributed by atoms with Gasteiger partial charge in [-0.2, -0.15) is 0 Å². The van der Waals surface area contributed by atoms with Crippen molar-refractivity contribution in [3.63, 3.8) is 0 Å². The van der Waals surface area contributed by atoms with Crippen molar-refractivity contribution in [1.29, 1.82) is 0 Å².